The lowest BCUT2D eigenvalue weighted by Crippen LogP contribution is -2.56. The van der Waals surface area contributed by atoms with E-state index in [4.69, 9.17) is 9.72 Å². The number of methoxy groups -OCH3 is 1. The Hall–Kier alpha value is -3.22. The molecule has 1 aromatic heterocycles. The molecule has 35 heavy (non-hydrogen) atoms. The minimum Gasteiger partial charge on any atom is -0.381 e. The van der Waals surface area contributed by atoms with Crippen molar-refractivity contribution in [3.8, 4) is 0 Å². The quantitative estimate of drug-likeness (QED) is 0.564. The van der Waals surface area contributed by atoms with Crippen molar-refractivity contribution >= 4 is 17.4 Å². The van der Waals surface area contributed by atoms with Gasteiger partial charge in [-0.25, -0.2) is 4.98 Å². The maximum atomic E-state index is 14.1. The molecular formula is C29H34N4O2. The summed E-state index contributed by atoms with van der Waals surface area (Å²) in [5, 5.41) is 3.41. The first-order chi connectivity index (χ1) is 17.0. The van der Waals surface area contributed by atoms with Crippen molar-refractivity contribution in [2.45, 2.75) is 44.4 Å². The number of likely N-dealkylation sites (tertiary alicyclic amines) is 1. The number of amides is 1. The number of hydrogen-bond acceptors (Lipinski definition) is 5. The minimum atomic E-state index is -0.726. The van der Waals surface area contributed by atoms with E-state index in [1.165, 1.54) is 5.56 Å². The molecule has 3 heterocycles. The molecule has 0 bridgehead atoms. The fraction of sp³-hybridized carbons (Fsp3) is 0.379. The lowest BCUT2D eigenvalue weighted by molar-refractivity contribution is -0.140. The average molecular weight is 471 g/mol. The molecule has 0 saturated carbocycles. The third-order valence-electron chi connectivity index (χ3n) is 7.26. The molecule has 1 unspecified atom stereocenters. The van der Waals surface area contributed by atoms with Crippen molar-refractivity contribution in [2.24, 2.45) is 0 Å². The van der Waals surface area contributed by atoms with Gasteiger partial charge in [0.1, 0.15) is 11.2 Å². The summed E-state index contributed by atoms with van der Waals surface area (Å²) in [6.45, 7) is 5.74. The van der Waals surface area contributed by atoms with Crippen LogP contribution in [-0.4, -0.2) is 53.5 Å². The minimum absolute atomic E-state index is 0.162. The number of piperidine rings is 1. The van der Waals surface area contributed by atoms with E-state index in [1.54, 1.807) is 7.11 Å². The molecule has 0 radical (unpaired) electrons. The molecule has 6 nitrogen and oxygen atoms in total. The predicted molar refractivity (Wildman–Crippen MR) is 138 cm³/mol. The number of ether oxygens (including phenoxy) is 1. The van der Waals surface area contributed by atoms with Gasteiger partial charge in [0, 0.05) is 45.5 Å². The summed E-state index contributed by atoms with van der Waals surface area (Å²) in [6, 6.07) is 24.7. The summed E-state index contributed by atoms with van der Waals surface area (Å²) in [5.41, 5.74) is 3.52. The van der Waals surface area contributed by atoms with Gasteiger partial charge in [-0.05, 0) is 49.1 Å². The normalized spacial score (nSPS) is 20.9. The number of nitrogens with one attached hydrogen (secondary N) is 1. The summed E-state index contributed by atoms with van der Waals surface area (Å²) in [6.07, 6.45) is 1.99. The Morgan fingerprint density at radius 3 is 2.40 bits per heavy atom. The number of aromatic nitrogens is 1. The number of rotatable bonds is 6. The van der Waals surface area contributed by atoms with Crippen LogP contribution in [0.3, 0.4) is 0 Å². The Morgan fingerprint density at radius 2 is 1.71 bits per heavy atom. The van der Waals surface area contributed by atoms with E-state index in [-0.39, 0.29) is 12.0 Å². The van der Waals surface area contributed by atoms with Crippen LogP contribution in [0.15, 0.2) is 72.8 Å². The van der Waals surface area contributed by atoms with Crippen LogP contribution >= 0.6 is 0 Å². The highest BCUT2D eigenvalue weighted by Crippen LogP contribution is 2.37. The monoisotopic (exact) mass is 470 g/mol. The van der Waals surface area contributed by atoms with Crippen LogP contribution in [0.5, 0.6) is 0 Å². The molecule has 1 atom stereocenters. The highest BCUT2D eigenvalue weighted by Gasteiger charge is 2.46. The zero-order chi connectivity index (χ0) is 24.3. The number of hydrogen-bond donors (Lipinski definition) is 1. The van der Waals surface area contributed by atoms with Gasteiger partial charge < -0.3 is 15.0 Å². The van der Waals surface area contributed by atoms with Crippen molar-refractivity contribution in [3.05, 3.63) is 89.6 Å². The Balaban J connectivity index is 1.46. The number of benzene rings is 2. The van der Waals surface area contributed by atoms with Crippen LogP contribution in [-0.2, 0) is 28.0 Å². The first-order valence-corrected chi connectivity index (χ1v) is 12.5. The van der Waals surface area contributed by atoms with Crippen molar-refractivity contribution < 1.29 is 9.53 Å². The fourth-order valence-corrected chi connectivity index (χ4v) is 5.42. The number of nitrogens with zero attached hydrogens (tertiary/aromatic N) is 3. The topological polar surface area (TPSA) is 57.7 Å². The zero-order valence-electron chi connectivity index (χ0n) is 20.6. The molecule has 1 amide bonds. The van der Waals surface area contributed by atoms with Gasteiger partial charge in [0.25, 0.3) is 0 Å². The second kappa shape index (κ2) is 10.2. The average Bonchev–Trinajstić information content (AvgIpc) is 2.90. The van der Waals surface area contributed by atoms with E-state index in [0.29, 0.717) is 6.54 Å². The molecule has 5 rings (SSSR count). The second-order valence-electron chi connectivity index (χ2n) is 9.89. The summed E-state index contributed by atoms with van der Waals surface area (Å²) in [5.74, 6) is 0.930. The van der Waals surface area contributed by atoms with Gasteiger partial charge in [0.2, 0.25) is 5.91 Å². The maximum Gasteiger partial charge on any atom is 0.235 e. The molecule has 0 aliphatic carbocycles. The number of fused-ring (bicyclic) bond motifs is 1. The van der Waals surface area contributed by atoms with Gasteiger partial charge in [-0.1, -0.05) is 54.6 Å². The summed E-state index contributed by atoms with van der Waals surface area (Å²) >= 11 is 0. The molecule has 1 N–H and O–H groups in total. The molecule has 1 fully saturated rings. The van der Waals surface area contributed by atoms with Crippen LogP contribution in [0, 0.1) is 0 Å². The third-order valence-corrected chi connectivity index (χ3v) is 7.26. The lowest BCUT2D eigenvalue weighted by Gasteiger charge is -2.44. The molecule has 2 aliphatic rings. The van der Waals surface area contributed by atoms with Crippen molar-refractivity contribution in [3.63, 3.8) is 0 Å². The van der Waals surface area contributed by atoms with Crippen LogP contribution in [0.4, 0.5) is 11.5 Å². The Morgan fingerprint density at radius 1 is 1.03 bits per heavy atom. The van der Waals surface area contributed by atoms with Gasteiger partial charge in [-0.15, -0.1) is 0 Å². The number of pyridine rings is 1. The fourth-order valence-electron chi connectivity index (χ4n) is 5.42. The summed E-state index contributed by atoms with van der Waals surface area (Å²) in [7, 11) is 1.76. The predicted octanol–water partition coefficient (Wildman–Crippen LogP) is 4.74. The molecule has 3 aromatic rings. The van der Waals surface area contributed by atoms with E-state index < -0.39 is 5.41 Å². The number of carbonyl (C=O) groups is 1. The largest absolute Gasteiger partial charge is 0.381 e. The Labute approximate surface area is 207 Å². The SMILES string of the molecule is COC1CCN(C(=O)C2(C)CN(Cc3ccccc3)Cc3ccc(Nc4ccccc4)nc32)CC1. The van der Waals surface area contributed by atoms with E-state index in [9.17, 15) is 4.79 Å². The van der Waals surface area contributed by atoms with Crippen LogP contribution in [0.2, 0.25) is 0 Å². The molecule has 6 heteroatoms. The molecule has 2 aliphatic heterocycles. The van der Waals surface area contributed by atoms with Crippen LogP contribution in [0.1, 0.15) is 36.6 Å². The van der Waals surface area contributed by atoms with Gasteiger partial charge >= 0.3 is 0 Å². The number of carbonyl (C=O) groups excluding carboxylic acids is 1. The van der Waals surface area contributed by atoms with Gasteiger partial charge in [0.15, 0.2) is 0 Å². The van der Waals surface area contributed by atoms with E-state index >= 15 is 0 Å². The second-order valence-corrected chi connectivity index (χ2v) is 9.89. The number of anilines is 2. The molecular weight excluding hydrogens is 436 g/mol. The smallest absolute Gasteiger partial charge is 0.235 e. The third kappa shape index (κ3) is 5.09. The number of para-hydroxylation sites is 1. The Bertz CT molecular complexity index is 1150. The van der Waals surface area contributed by atoms with E-state index in [2.05, 4.69) is 47.5 Å². The standard InChI is InChI=1S/C29H34N4O2/c1-29(28(34)33-17-15-25(35-2)16-18-33)21-32(19-22-9-5-3-6-10-22)20-23-13-14-26(31-27(23)29)30-24-11-7-4-8-12-24/h3-14,25H,15-21H2,1-2H3,(H,30,31). The first-order valence-electron chi connectivity index (χ1n) is 12.5. The van der Waals surface area contributed by atoms with Crippen LogP contribution < -0.4 is 5.32 Å². The maximum absolute atomic E-state index is 14.1. The van der Waals surface area contributed by atoms with E-state index in [0.717, 1.165) is 61.8 Å². The lowest BCUT2D eigenvalue weighted by atomic mass is 9.78. The summed E-state index contributed by atoms with van der Waals surface area (Å²) in [4.78, 5) is 23.5. The first kappa shape index (κ1) is 23.5. The van der Waals surface area contributed by atoms with Gasteiger partial charge in [-0.3, -0.25) is 9.69 Å². The highest BCUT2D eigenvalue weighted by atomic mass is 16.5. The summed E-state index contributed by atoms with van der Waals surface area (Å²) < 4.78 is 5.54. The van der Waals surface area contributed by atoms with Crippen molar-refractivity contribution in [1.82, 2.24) is 14.8 Å². The van der Waals surface area contributed by atoms with Gasteiger partial charge in [0.05, 0.1) is 11.8 Å². The van der Waals surface area contributed by atoms with E-state index in [1.807, 2.05) is 47.4 Å². The molecule has 1 saturated heterocycles. The highest BCUT2D eigenvalue weighted by molar-refractivity contribution is 5.88. The van der Waals surface area contributed by atoms with Gasteiger partial charge in [-0.2, -0.15) is 0 Å². The molecule has 2 aromatic carbocycles. The van der Waals surface area contributed by atoms with Crippen molar-refractivity contribution in [2.75, 3.05) is 32.1 Å². The Kier molecular flexibility index (Phi) is 6.84. The molecule has 182 valence electrons. The molecule has 0 spiro atoms. The van der Waals surface area contributed by atoms with Crippen molar-refractivity contribution in [1.29, 1.82) is 0 Å². The zero-order valence-corrected chi connectivity index (χ0v) is 20.6. The van der Waals surface area contributed by atoms with Crippen LogP contribution in [0.25, 0.3) is 0 Å².